The third-order valence-corrected chi connectivity index (χ3v) is 6.63. The molecule has 2 unspecified atom stereocenters. The zero-order valence-corrected chi connectivity index (χ0v) is 20.6. The summed E-state index contributed by atoms with van der Waals surface area (Å²) in [5.41, 5.74) is 9.81. The average molecular weight is 489 g/mol. The highest BCUT2D eigenvalue weighted by atomic mass is 35.5. The van der Waals surface area contributed by atoms with Gasteiger partial charge in [-0.15, -0.1) is 0 Å². The number of amides is 2. The van der Waals surface area contributed by atoms with Gasteiger partial charge in [-0.3, -0.25) is 9.59 Å². The van der Waals surface area contributed by atoms with Gasteiger partial charge in [0.2, 0.25) is 11.8 Å². The van der Waals surface area contributed by atoms with Crippen molar-refractivity contribution < 1.29 is 9.59 Å². The number of para-hydroxylation sites is 2. The number of likely N-dealkylation sites (tertiary alicyclic amines) is 1. The molecule has 4 rings (SSSR count). The standard InChI is InChI=1S/C28H29ClN4O2/c1-32-17-23(24(18-32)28(35)33(2)22-14-12-21(29)13-15-22)20-10-7-19(8-11-20)9-16-27(34)31-26-6-4-3-5-25(26)30/h3-16,23-24H,17-18,30H2,1-2H3,(H,31,34)/b16-9+. The molecule has 2 atom stereocenters. The molecule has 7 heteroatoms. The number of anilines is 3. The van der Waals surface area contributed by atoms with Crippen LogP contribution in [0.5, 0.6) is 0 Å². The molecule has 0 spiro atoms. The van der Waals surface area contributed by atoms with Gasteiger partial charge in [0, 0.05) is 42.8 Å². The molecule has 1 aliphatic heterocycles. The molecular formula is C28H29ClN4O2. The summed E-state index contributed by atoms with van der Waals surface area (Å²) < 4.78 is 0. The lowest BCUT2D eigenvalue weighted by Crippen LogP contribution is -2.36. The molecule has 1 aliphatic rings. The fourth-order valence-electron chi connectivity index (χ4n) is 4.44. The Bertz CT molecular complexity index is 1220. The molecule has 0 bridgehead atoms. The highest BCUT2D eigenvalue weighted by Crippen LogP contribution is 2.34. The van der Waals surface area contributed by atoms with Gasteiger partial charge in [-0.2, -0.15) is 0 Å². The molecule has 1 saturated heterocycles. The SMILES string of the molecule is CN1CC(C(=O)N(C)c2ccc(Cl)cc2)C(c2ccc(/C=C/C(=O)Nc3ccccc3N)cc2)C1. The van der Waals surface area contributed by atoms with Gasteiger partial charge in [0.25, 0.3) is 0 Å². The van der Waals surface area contributed by atoms with E-state index in [1.165, 1.54) is 6.08 Å². The molecule has 0 aromatic heterocycles. The third kappa shape index (κ3) is 5.91. The van der Waals surface area contributed by atoms with Crippen LogP contribution in [-0.4, -0.2) is 43.9 Å². The Morgan fingerprint density at radius 3 is 2.40 bits per heavy atom. The average Bonchev–Trinajstić information content (AvgIpc) is 3.25. The summed E-state index contributed by atoms with van der Waals surface area (Å²) in [5, 5.41) is 3.42. The maximum Gasteiger partial charge on any atom is 0.248 e. The first-order chi connectivity index (χ1) is 16.8. The van der Waals surface area contributed by atoms with Crippen molar-refractivity contribution in [2.24, 2.45) is 5.92 Å². The molecule has 0 radical (unpaired) electrons. The van der Waals surface area contributed by atoms with E-state index in [9.17, 15) is 9.59 Å². The van der Waals surface area contributed by atoms with Gasteiger partial charge in [0.05, 0.1) is 17.3 Å². The zero-order valence-electron chi connectivity index (χ0n) is 19.8. The lowest BCUT2D eigenvalue weighted by Gasteiger charge is -2.25. The van der Waals surface area contributed by atoms with Crippen LogP contribution in [0.15, 0.2) is 78.9 Å². The highest BCUT2D eigenvalue weighted by Gasteiger charge is 2.38. The lowest BCUT2D eigenvalue weighted by molar-refractivity contribution is -0.122. The minimum absolute atomic E-state index is 0.0856. The predicted octanol–water partition coefficient (Wildman–Crippen LogP) is 4.88. The minimum atomic E-state index is -0.250. The first-order valence-corrected chi connectivity index (χ1v) is 11.8. The van der Waals surface area contributed by atoms with Gasteiger partial charge in [-0.05, 0) is 60.6 Å². The fraction of sp³-hybridized carbons (Fsp3) is 0.214. The van der Waals surface area contributed by atoms with E-state index in [0.29, 0.717) is 22.9 Å². The molecule has 1 fully saturated rings. The molecular weight excluding hydrogens is 460 g/mol. The smallest absolute Gasteiger partial charge is 0.248 e. The van der Waals surface area contributed by atoms with Crippen molar-refractivity contribution in [1.82, 2.24) is 4.90 Å². The van der Waals surface area contributed by atoms with Crippen molar-refractivity contribution >= 4 is 46.6 Å². The summed E-state index contributed by atoms with van der Waals surface area (Å²) in [5.74, 6) is -0.225. The molecule has 6 nitrogen and oxygen atoms in total. The van der Waals surface area contributed by atoms with Crippen LogP contribution in [0.1, 0.15) is 17.0 Å². The number of carbonyl (C=O) groups is 2. The van der Waals surface area contributed by atoms with Crippen molar-refractivity contribution in [3.8, 4) is 0 Å². The van der Waals surface area contributed by atoms with Crippen LogP contribution in [0.4, 0.5) is 17.1 Å². The first-order valence-electron chi connectivity index (χ1n) is 11.5. The van der Waals surface area contributed by atoms with Crippen LogP contribution in [0, 0.1) is 5.92 Å². The fourth-order valence-corrected chi connectivity index (χ4v) is 4.57. The van der Waals surface area contributed by atoms with Gasteiger partial charge >= 0.3 is 0 Å². The highest BCUT2D eigenvalue weighted by molar-refractivity contribution is 6.30. The third-order valence-electron chi connectivity index (χ3n) is 6.37. The van der Waals surface area contributed by atoms with Crippen LogP contribution in [0.3, 0.4) is 0 Å². The second-order valence-corrected chi connectivity index (χ2v) is 9.32. The van der Waals surface area contributed by atoms with Crippen molar-refractivity contribution in [3.63, 3.8) is 0 Å². The predicted molar refractivity (Wildman–Crippen MR) is 144 cm³/mol. The van der Waals surface area contributed by atoms with E-state index < -0.39 is 0 Å². The minimum Gasteiger partial charge on any atom is -0.397 e. The van der Waals surface area contributed by atoms with Gasteiger partial charge < -0.3 is 20.9 Å². The number of nitrogens with two attached hydrogens (primary N) is 1. The van der Waals surface area contributed by atoms with E-state index in [0.717, 1.165) is 23.4 Å². The van der Waals surface area contributed by atoms with E-state index in [-0.39, 0.29) is 23.7 Å². The number of benzene rings is 3. The number of nitrogen functional groups attached to an aromatic ring is 1. The number of hydrogen-bond acceptors (Lipinski definition) is 4. The Morgan fingerprint density at radius 1 is 1.03 bits per heavy atom. The number of nitrogens with one attached hydrogen (secondary N) is 1. The van der Waals surface area contributed by atoms with Crippen molar-refractivity contribution in [2.45, 2.75) is 5.92 Å². The molecule has 0 aliphatic carbocycles. The van der Waals surface area contributed by atoms with Gasteiger partial charge in [-0.1, -0.05) is 48.0 Å². The maximum atomic E-state index is 13.4. The monoisotopic (exact) mass is 488 g/mol. The van der Waals surface area contributed by atoms with Crippen LogP contribution >= 0.6 is 11.6 Å². The Morgan fingerprint density at radius 2 is 1.71 bits per heavy atom. The summed E-state index contributed by atoms with van der Waals surface area (Å²) in [4.78, 5) is 29.5. The van der Waals surface area contributed by atoms with Crippen LogP contribution < -0.4 is 16.0 Å². The molecule has 2 amide bonds. The summed E-state index contributed by atoms with van der Waals surface area (Å²) in [6.45, 7) is 1.51. The molecule has 3 aromatic rings. The molecule has 3 aromatic carbocycles. The van der Waals surface area contributed by atoms with Crippen molar-refractivity contribution in [3.05, 3.63) is 95.0 Å². The summed E-state index contributed by atoms with van der Waals surface area (Å²) in [6.07, 6.45) is 3.24. The van der Waals surface area contributed by atoms with E-state index in [1.54, 1.807) is 35.2 Å². The number of nitrogens with zero attached hydrogens (tertiary/aromatic N) is 2. The molecule has 35 heavy (non-hydrogen) atoms. The van der Waals surface area contributed by atoms with Gasteiger partial charge in [0.15, 0.2) is 0 Å². The maximum absolute atomic E-state index is 13.4. The number of rotatable bonds is 6. The normalized spacial score (nSPS) is 18.0. The molecule has 3 N–H and O–H groups in total. The van der Waals surface area contributed by atoms with E-state index in [1.807, 2.05) is 62.6 Å². The Labute approximate surface area is 211 Å². The molecule has 0 saturated carbocycles. The summed E-state index contributed by atoms with van der Waals surface area (Å²) in [7, 11) is 3.85. The Hall–Kier alpha value is -3.61. The second kappa shape index (κ2) is 10.8. The van der Waals surface area contributed by atoms with Crippen molar-refractivity contribution in [1.29, 1.82) is 0 Å². The number of likely N-dealkylation sites (N-methyl/N-ethyl adjacent to an activating group) is 1. The molecule has 180 valence electrons. The van der Waals surface area contributed by atoms with Crippen LogP contribution in [0.2, 0.25) is 5.02 Å². The number of hydrogen-bond donors (Lipinski definition) is 2. The van der Waals surface area contributed by atoms with E-state index in [4.69, 9.17) is 17.3 Å². The largest absolute Gasteiger partial charge is 0.397 e. The van der Waals surface area contributed by atoms with E-state index >= 15 is 0 Å². The summed E-state index contributed by atoms with van der Waals surface area (Å²) >= 11 is 6.00. The van der Waals surface area contributed by atoms with Crippen molar-refractivity contribution in [2.75, 3.05) is 43.1 Å². The number of carbonyl (C=O) groups excluding carboxylic acids is 2. The molecule has 1 heterocycles. The van der Waals surface area contributed by atoms with Crippen LogP contribution in [-0.2, 0) is 9.59 Å². The topological polar surface area (TPSA) is 78.7 Å². The Balaban J connectivity index is 1.43. The first kappa shape index (κ1) is 24.5. The zero-order chi connectivity index (χ0) is 24.9. The lowest BCUT2D eigenvalue weighted by atomic mass is 9.87. The van der Waals surface area contributed by atoms with E-state index in [2.05, 4.69) is 10.2 Å². The number of halogens is 1. The second-order valence-electron chi connectivity index (χ2n) is 8.88. The van der Waals surface area contributed by atoms with Gasteiger partial charge in [0.1, 0.15) is 0 Å². The van der Waals surface area contributed by atoms with Crippen LogP contribution in [0.25, 0.3) is 6.08 Å². The summed E-state index contributed by atoms with van der Waals surface area (Å²) in [6, 6.07) is 22.5. The van der Waals surface area contributed by atoms with Gasteiger partial charge in [-0.25, -0.2) is 0 Å². The Kier molecular flexibility index (Phi) is 7.54. The quantitative estimate of drug-likeness (QED) is 0.383.